The molecule has 0 amide bonds. The molecule has 40 heavy (non-hydrogen) atoms. The highest BCUT2D eigenvalue weighted by atomic mass is 19.1. The van der Waals surface area contributed by atoms with Gasteiger partial charge >= 0.3 is 0 Å². The number of aromatic nitrogens is 5. The molecule has 2 aromatic carbocycles. The van der Waals surface area contributed by atoms with Crippen molar-refractivity contribution in [1.29, 1.82) is 0 Å². The van der Waals surface area contributed by atoms with E-state index in [2.05, 4.69) is 32.4 Å². The van der Waals surface area contributed by atoms with Crippen molar-refractivity contribution in [3.8, 4) is 11.3 Å². The van der Waals surface area contributed by atoms with Crippen molar-refractivity contribution in [2.75, 3.05) is 32.1 Å². The lowest BCUT2D eigenvalue weighted by atomic mass is 9.91. The lowest BCUT2D eigenvalue weighted by Crippen LogP contribution is -2.36. The lowest BCUT2D eigenvalue weighted by Gasteiger charge is -2.29. The maximum Gasteiger partial charge on any atom is 0.164 e. The minimum atomic E-state index is -0.203. The molecular weight excluding hydrogens is 509 g/mol. The molecule has 0 unspecified atom stereocenters. The van der Waals surface area contributed by atoms with Gasteiger partial charge in [-0.3, -0.25) is 0 Å². The van der Waals surface area contributed by atoms with Crippen molar-refractivity contribution in [1.82, 2.24) is 30.0 Å². The minimum absolute atomic E-state index is 0.0502. The zero-order chi connectivity index (χ0) is 27.5. The number of nitrogen functional groups attached to an aromatic ring is 1. The van der Waals surface area contributed by atoms with E-state index in [0.717, 1.165) is 71.1 Å². The fraction of sp³-hybridized carbons (Fsp3) is 0.367. The van der Waals surface area contributed by atoms with Crippen LogP contribution < -0.4 is 11.1 Å². The van der Waals surface area contributed by atoms with Crippen LogP contribution in [0.25, 0.3) is 33.2 Å². The van der Waals surface area contributed by atoms with Crippen LogP contribution in [0.5, 0.6) is 0 Å². The minimum Gasteiger partial charge on any atom is -0.394 e. The third-order valence-electron chi connectivity index (χ3n) is 7.76. The van der Waals surface area contributed by atoms with Crippen LogP contribution in [0.3, 0.4) is 0 Å². The Bertz CT molecular complexity index is 1610. The summed E-state index contributed by atoms with van der Waals surface area (Å²) in [7, 11) is 0. The molecule has 208 valence electrons. The van der Waals surface area contributed by atoms with E-state index in [1.807, 2.05) is 28.9 Å². The number of benzene rings is 2. The first-order valence-electron chi connectivity index (χ1n) is 13.9. The normalized spacial score (nSPS) is 17.6. The van der Waals surface area contributed by atoms with E-state index in [1.165, 1.54) is 12.4 Å². The second-order valence-corrected chi connectivity index (χ2v) is 10.4. The van der Waals surface area contributed by atoms with Gasteiger partial charge in [0.05, 0.1) is 31.2 Å². The predicted octanol–water partition coefficient (Wildman–Crippen LogP) is 4.37. The molecule has 0 aliphatic heterocycles. The Morgan fingerprint density at radius 3 is 2.75 bits per heavy atom. The number of fused-ring (bicyclic) bond motifs is 2. The van der Waals surface area contributed by atoms with E-state index in [4.69, 9.17) is 20.7 Å². The van der Waals surface area contributed by atoms with E-state index < -0.39 is 0 Å². The van der Waals surface area contributed by atoms with Crippen molar-refractivity contribution < 1.29 is 14.2 Å². The van der Waals surface area contributed by atoms with Gasteiger partial charge in [0.25, 0.3) is 0 Å². The van der Waals surface area contributed by atoms with Crippen LogP contribution in [0, 0.1) is 5.82 Å². The number of nitrogens with one attached hydrogen (secondary N) is 2. The second kappa shape index (κ2) is 11.7. The van der Waals surface area contributed by atoms with Gasteiger partial charge in [0.1, 0.15) is 23.7 Å². The zero-order valence-electron chi connectivity index (χ0n) is 22.3. The third-order valence-corrected chi connectivity index (χ3v) is 7.76. The highest BCUT2D eigenvalue weighted by Gasteiger charge is 2.27. The van der Waals surface area contributed by atoms with E-state index >= 15 is 0 Å². The molecule has 0 spiro atoms. The average molecular weight is 544 g/mol. The molecule has 5 aromatic rings. The molecule has 10 heteroatoms. The monoisotopic (exact) mass is 543 g/mol. The van der Waals surface area contributed by atoms with Crippen molar-refractivity contribution in [2.24, 2.45) is 0 Å². The summed E-state index contributed by atoms with van der Waals surface area (Å²) in [6.07, 6.45) is 6.01. The molecule has 5 N–H and O–H groups in total. The molecule has 0 radical (unpaired) electrons. The van der Waals surface area contributed by atoms with Crippen LogP contribution in [0.15, 0.2) is 54.9 Å². The number of aromatic amines is 1. The van der Waals surface area contributed by atoms with Crippen LogP contribution in [0.1, 0.15) is 43.0 Å². The number of hydrogen-bond acceptors (Lipinski definition) is 7. The maximum absolute atomic E-state index is 14.2. The fourth-order valence-corrected chi connectivity index (χ4v) is 5.76. The van der Waals surface area contributed by atoms with Crippen LogP contribution >= 0.6 is 0 Å². The van der Waals surface area contributed by atoms with Gasteiger partial charge in [0.15, 0.2) is 5.65 Å². The maximum atomic E-state index is 14.2. The number of aliphatic hydroxyl groups excluding tert-OH is 1. The first kappa shape index (κ1) is 26.4. The summed E-state index contributed by atoms with van der Waals surface area (Å²) in [6, 6.07) is 15.7. The van der Waals surface area contributed by atoms with Gasteiger partial charge in [-0.2, -0.15) is 5.10 Å². The van der Waals surface area contributed by atoms with E-state index in [9.17, 15) is 4.39 Å². The topological polar surface area (TPSA) is 127 Å². The van der Waals surface area contributed by atoms with Gasteiger partial charge in [-0.25, -0.2) is 19.0 Å². The Balaban J connectivity index is 1.24. The quantitative estimate of drug-likeness (QED) is 0.193. The molecule has 9 nitrogen and oxygen atoms in total. The number of halogens is 1. The summed E-state index contributed by atoms with van der Waals surface area (Å²) in [5.74, 6) is 0.213. The standard InChI is InChI=1S/C30H34FN7O2/c31-25-4-2-1-3-19(25)16-23-17-21-15-20(5-10-26(21)36-23)28-27-29(32)34-18-35-30(27)38(37-28)24-8-6-22(7-9-24)33-11-13-40-14-12-39/h1-5,10,15,17-18,22,24,33,36,39H,6-9,11-14,16H2,(H2,32,34,35). The van der Waals surface area contributed by atoms with E-state index in [1.54, 1.807) is 6.07 Å². The Hall–Kier alpha value is -3.86. The van der Waals surface area contributed by atoms with Gasteiger partial charge in [0, 0.05) is 41.2 Å². The molecule has 6 rings (SSSR count). The second-order valence-electron chi connectivity index (χ2n) is 10.4. The molecule has 1 fully saturated rings. The van der Waals surface area contributed by atoms with Crippen molar-refractivity contribution >= 4 is 27.8 Å². The number of H-pyrrole nitrogens is 1. The molecule has 0 atom stereocenters. The first-order valence-corrected chi connectivity index (χ1v) is 13.9. The van der Waals surface area contributed by atoms with Crippen molar-refractivity contribution in [3.05, 3.63) is 71.9 Å². The zero-order valence-corrected chi connectivity index (χ0v) is 22.3. The highest BCUT2D eigenvalue weighted by molar-refractivity contribution is 6.00. The highest BCUT2D eigenvalue weighted by Crippen LogP contribution is 2.37. The molecular formula is C30H34FN7O2. The van der Waals surface area contributed by atoms with Gasteiger partial charge in [-0.15, -0.1) is 0 Å². The molecule has 1 saturated carbocycles. The summed E-state index contributed by atoms with van der Waals surface area (Å²) in [6.45, 7) is 1.80. The number of anilines is 1. The number of nitrogens with two attached hydrogens (primary N) is 1. The molecule has 3 aromatic heterocycles. The molecule has 0 saturated heterocycles. The largest absolute Gasteiger partial charge is 0.394 e. The third kappa shape index (κ3) is 5.42. The smallest absolute Gasteiger partial charge is 0.164 e. The Morgan fingerprint density at radius 1 is 1.07 bits per heavy atom. The van der Waals surface area contributed by atoms with Crippen molar-refractivity contribution in [3.63, 3.8) is 0 Å². The fourth-order valence-electron chi connectivity index (χ4n) is 5.76. The van der Waals surface area contributed by atoms with Gasteiger partial charge < -0.3 is 25.9 Å². The van der Waals surface area contributed by atoms with Gasteiger partial charge in [-0.1, -0.05) is 24.3 Å². The Labute approximate surface area is 231 Å². The van der Waals surface area contributed by atoms with Crippen LogP contribution in [0.4, 0.5) is 10.2 Å². The Kier molecular flexibility index (Phi) is 7.72. The molecule has 1 aliphatic carbocycles. The summed E-state index contributed by atoms with van der Waals surface area (Å²) < 4.78 is 21.6. The van der Waals surface area contributed by atoms with Gasteiger partial charge in [0.2, 0.25) is 0 Å². The summed E-state index contributed by atoms with van der Waals surface area (Å²) in [5, 5.41) is 19.3. The number of aliphatic hydroxyl groups is 1. The number of rotatable bonds is 10. The lowest BCUT2D eigenvalue weighted by molar-refractivity contribution is 0.0913. The average Bonchev–Trinajstić information content (AvgIpc) is 3.56. The molecule has 0 bridgehead atoms. The van der Waals surface area contributed by atoms with E-state index in [0.29, 0.717) is 37.1 Å². The molecule has 3 heterocycles. The SMILES string of the molecule is Nc1ncnc2c1c(-c1ccc3[nH]c(Cc4ccccc4F)cc3c1)nn2C1CCC(NCCOCCO)CC1. The van der Waals surface area contributed by atoms with Crippen LogP contribution in [0.2, 0.25) is 0 Å². The number of ether oxygens (including phenoxy) is 1. The predicted molar refractivity (Wildman–Crippen MR) is 153 cm³/mol. The van der Waals surface area contributed by atoms with Gasteiger partial charge in [-0.05, 0) is 55.5 Å². The summed E-state index contributed by atoms with van der Waals surface area (Å²) >= 11 is 0. The summed E-state index contributed by atoms with van der Waals surface area (Å²) in [4.78, 5) is 12.3. The first-order chi connectivity index (χ1) is 19.6. The van der Waals surface area contributed by atoms with Crippen LogP contribution in [-0.2, 0) is 11.2 Å². The van der Waals surface area contributed by atoms with Crippen molar-refractivity contribution in [2.45, 2.75) is 44.2 Å². The number of hydrogen-bond donors (Lipinski definition) is 4. The van der Waals surface area contributed by atoms with E-state index in [-0.39, 0.29) is 18.5 Å². The number of nitrogens with zero attached hydrogens (tertiary/aromatic N) is 4. The Morgan fingerprint density at radius 2 is 1.93 bits per heavy atom. The van der Waals surface area contributed by atoms with Crippen LogP contribution in [-0.4, -0.2) is 62.2 Å². The summed E-state index contributed by atoms with van der Waals surface area (Å²) in [5.41, 5.74) is 11.4. The molecule has 1 aliphatic rings.